The average Bonchev–Trinajstić information content (AvgIpc) is 2.88. The lowest BCUT2D eigenvalue weighted by molar-refractivity contribution is 0.0189. The summed E-state index contributed by atoms with van der Waals surface area (Å²) in [5, 5.41) is 4.25. The zero-order valence-electron chi connectivity index (χ0n) is 12.3. The van der Waals surface area contributed by atoms with Crippen LogP contribution in [-0.2, 0) is 4.74 Å². The molecule has 1 heterocycles. The van der Waals surface area contributed by atoms with Crippen LogP contribution in [-0.4, -0.2) is 28.8 Å². The summed E-state index contributed by atoms with van der Waals surface area (Å²) in [6.45, 7) is 5.97. The molecule has 1 atom stereocenters. The Morgan fingerprint density at radius 3 is 2.40 bits per heavy atom. The lowest BCUT2D eigenvalue weighted by atomic mass is 9.85. The summed E-state index contributed by atoms with van der Waals surface area (Å²) in [5.41, 5.74) is 1.14. The number of Topliss-reactive ketones (excluding diaryl/α,β-unsaturated/α-hetero) is 1. The minimum atomic E-state index is -0.498. The highest BCUT2D eigenvalue weighted by Crippen LogP contribution is 2.25. The van der Waals surface area contributed by atoms with Crippen molar-refractivity contribution in [3.05, 3.63) is 48.3 Å². The highest BCUT2D eigenvalue weighted by atomic mass is 16.5. The SMILES string of the molecule is COC(C(=O)c1ccnn1-c1ccccc1)C(C)(C)C. The Kier molecular flexibility index (Phi) is 4.04. The third-order valence-electron chi connectivity index (χ3n) is 3.16. The number of methoxy groups -OCH3 is 1. The summed E-state index contributed by atoms with van der Waals surface area (Å²) in [6.07, 6.45) is 1.14. The Labute approximate surface area is 119 Å². The highest BCUT2D eigenvalue weighted by molar-refractivity contribution is 5.99. The van der Waals surface area contributed by atoms with Crippen LogP contribution in [0.15, 0.2) is 42.6 Å². The summed E-state index contributed by atoms with van der Waals surface area (Å²) < 4.78 is 7.05. The van der Waals surface area contributed by atoms with Gasteiger partial charge >= 0.3 is 0 Å². The van der Waals surface area contributed by atoms with Crippen molar-refractivity contribution < 1.29 is 9.53 Å². The van der Waals surface area contributed by atoms with Gasteiger partial charge in [-0.25, -0.2) is 4.68 Å². The number of hydrogen-bond acceptors (Lipinski definition) is 3. The molecule has 0 aliphatic heterocycles. The van der Waals surface area contributed by atoms with Crippen molar-refractivity contribution >= 4 is 5.78 Å². The largest absolute Gasteiger partial charge is 0.373 e. The molecule has 0 radical (unpaired) electrons. The second-order valence-corrected chi connectivity index (χ2v) is 5.81. The Morgan fingerprint density at radius 1 is 1.20 bits per heavy atom. The van der Waals surface area contributed by atoms with Crippen LogP contribution in [0.4, 0.5) is 0 Å². The van der Waals surface area contributed by atoms with Crippen LogP contribution in [0.25, 0.3) is 5.69 Å². The molecule has 0 bridgehead atoms. The van der Waals surface area contributed by atoms with Crippen molar-refractivity contribution in [3.63, 3.8) is 0 Å². The van der Waals surface area contributed by atoms with E-state index in [1.54, 1.807) is 24.1 Å². The van der Waals surface area contributed by atoms with E-state index in [0.29, 0.717) is 5.69 Å². The third kappa shape index (κ3) is 2.80. The zero-order chi connectivity index (χ0) is 14.8. The highest BCUT2D eigenvalue weighted by Gasteiger charge is 2.33. The number of aromatic nitrogens is 2. The van der Waals surface area contributed by atoms with E-state index in [1.807, 2.05) is 51.1 Å². The molecule has 106 valence electrons. The van der Waals surface area contributed by atoms with Crippen LogP contribution in [0.5, 0.6) is 0 Å². The van der Waals surface area contributed by atoms with Gasteiger partial charge in [-0.3, -0.25) is 4.79 Å². The molecular weight excluding hydrogens is 252 g/mol. The summed E-state index contributed by atoms with van der Waals surface area (Å²) in [5.74, 6) is -0.0543. The second-order valence-electron chi connectivity index (χ2n) is 5.81. The van der Waals surface area contributed by atoms with Crippen molar-refractivity contribution in [3.8, 4) is 5.69 Å². The lowest BCUT2D eigenvalue weighted by Crippen LogP contribution is -2.37. The maximum atomic E-state index is 12.7. The topological polar surface area (TPSA) is 44.1 Å². The first-order chi connectivity index (χ1) is 9.45. The van der Waals surface area contributed by atoms with Gasteiger partial charge in [0.1, 0.15) is 11.8 Å². The fourth-order valence-corrected chi connectivity index (χ4v) is 2.25. The maximum absolute atomic E-state index is 12.7. The molecule has 1 aromatic heterocycles. The fourth-order valence-electron chi connectivity index (χ4n) is 2.25. The summed E-state index contributed by atoms with van der Waals surface area (Å²) in [6, 6.07) is 11.3. The summed E-state index contributed by atoms with van der Waals surface area (Å²) in [4.78, 5) is 12.7. The third-order valence-corrected chi connectivity index (χ3v) is 3.16. The van der Waals surface area contributed by atoms with Crippen molar-refractivity contribution in [2.45, 2.75) is 26.9 Å². The van der Waals surface area contributed by atoms with Gasteiger partial charge in [0.05, 0.1) is 11.9 Å². The second kappa shape index (κ2) is 5.59. The standard InChI is InChI=1S/C16H20N2O2/c1-16(2,3)15(20-4)14(19)13-10-11-17-18(13)12-8-6-5-7-9-12/h5-11,15H,1-4H3. The van der Waals surface area contributed by atoms with Gasteiger partial charge < -0.3 is 4.74 Å². The molecule has 0 N–H and O–H groups in total. The number of ether oxygens (including phenoxy) is 1. The molecule has 2 rings (SSSR count). The van der Waals surface area contributed by atoms with Gasteiger partial charge in [-0.1, -0.05) is 39.0 Å². The van der Waals surface area contributed by atoms with Gasteiger partial charge in [-0.05, 0) is 23.6 Å². The number of nitrogens with zero attached hydrogens (tertiary/aromatic N) is 2. The van der Waals surface area contributed by atoms with Gasteiger partial charge in [0.15, 0.2) is 0 Å². The Morgan fingerprint density at radius 2 is 1.85 bits per heavy atom. The number of carbonyl (C=O) groups is 1. The Balaban J connectivity index is 2.40. The van der Waals surface area contributed by atoms with Crippen molar-refractivity contribution in [1.82, 2.24) is 9.78 Å². The van der Waals surface area contributed by atoms with Gasteiger partial charge in [-0.15, -0.1) is 0 Å². The van der Waals surface area contributed by atoms with Crippen molar-refractivity contribution in [1.29, 1.82) is 0 Å². The van der Waals surface area contributed by atoms with Crippen LogP contribution < -0.4 is 0 Å². The maximum Gasteiger partial charge on any atom is 0.210 e. The van der Waals surface area contributed by atoms with E-state index >= 15 is 0 Å². The molecule has 2 aromatic rings. The molecule has 20 heavy (non-hydrogen) atoms. The van der Waals surface area contributed by atoms with Crippen LogP contribution in [0.2, 0.25) is 0 Å². The van der Waals surface area contributed by atoms with E-state index in [0.717, 1.165) is 5.69 Å². The van der Waals surface area contributed by atoms with Crippen molar-refractivity contribution in [2.75, 3.05) is 7.11 Å². The molecule has 0 amide bonds. The molecule has 1 aromatic carbocycles. The predicted molar refractivity (Wildman–Crippen MR) is 78.1 cm³/mol. The first kappa shape index (κ1) is 14.5. The van der Waals surface area contributed by atoms with Crippen LogP contribution in [0.3, 0.4) is 0 Å². The number of ketones is 1. The minimum Gasteiger partial charge on any atom is -0.373 e. The number of hydrogen-bond donors (Lipinski definition) is 0. The molecule has 0 aliphatic rings. The lowest BCUT2D eigenvalue weighted by Gasteiger charge is -2.28. The van der Waals surface area contributed by atoms with E-state index < -0.39 is 6.10 Å². The van der Waals surface area contributed by atoms with Crippen LogP contribution >= 0.6 is 0 Å². The van der Waals surface area contributed by atoms with Gasteiger partial charge in [-0.2, -0.15) is 5.10 Å². The first-order valence-electron chi connectivity index (χ1n) is 6.61. The molecular formula is C16H20N2O2. The summed E-state index contributed by atoms with van der Waals surface area (Å²) in [7, 11) is 1.57. The first-order valence-corrected chi connectivity index (χ1v) is 6.61. The van der Waals surface area contributed by atoms with Crippen LogP contribution in [0.1, 0.15) is 31.3 Å². The van der Waals surface area contributed by atoms with E-state index in [4.69, 9.17) is 4.74 Å². The van der Waals surface area contributed by atoms with Gasteiger partial charge in [0.25, 0.3) is 0 Å². The Hall–Kier alpha value is -1.94. The number of para-hydroxylation sites is 1. The molecule has 0 aliphatic carbocycles. The van der Waals surface area contributed by atoms with E-state index in [9.17, 15) is 4.79 Å². The number of benzene rings is 1. The summed E-state index contributed by atoms with van der Waals surface area (Å²) >= 11 is 0. The van der Waals surface area contributed by atoms with Crippen LogP contribution in [0, 0.1) is 5.41 Å². The van der Waals surface area contributed by atoms with E-state index in [-0.39, 0.29) is 11.2 Å². The quantitative estimate of drug-likeness (QED) is 0.803. The normalized spacial score (nSPS) is 13.2. The molecule has 1 unspecified atom stereocenters. The predicted octanol–water partition coefficient (Wildman–Crippen LogP) is 3.12. The number of carbonyl (C=O) groups excluding carboxylic acids is 1. The smallest absolute Gasteiger partial charge is 0.210 e. The van der Waals surface area contributed by atoms with Crippen molar-refractivity contribution in [2.24, 2.45) is 5.41 Å². The molecule has 0 saturated heterocycles. The van der Waals surface area contributed by atoms with Gasteiger partial charge in [0.2, 0.25) is 5.78 Å². The Bertz CT molecular complexity index is 582. The van der Waals surface area contributed by atoms with E-state index in [1.165, 1.54) is 0 Å². The zero-order valence-corrected chi connectivity index (χ0v) is 12.3. The average molecular weight is 272 g/mol. The molecule has 0 fully saturated rings. The molecule has 0 spiro atoms. The van der Waals surface area contributed by atoms with E-state index in [2.05, 4.69) is 5.10 Å². The van der Waals surface area contributed by atoms with Gasteiger partial charge in [0, 0.05) is 7.11 Å². The molecule has 4 nitrogen and oxygen atoms in total. The fraction of sp³-hybridized carbons (Fsp3) is 0.375. The number of rotatable bonds is 4. The minimum absolute atomic E-state index is 0.0543. The molecule has 4 heteroatoms. The molecule has 0 saturated carbocycles. The monoisotopic (exact) mass is 272 g/mol.